The van der Waals surface area contributed by atoms with Crippen molar-refractivity contribution in [3.8, 4) is 17.0 Å². The minimum Gasteiger partial charge on any atom is -0.484 e. The quantitative estimate of drug-likeness (QED) is 0.335. The monoisotopic (exact) mass is 447 g/mol. The molecule has 3 aromatic rings. The van der Waals surface area contributed by atoms with Crippen molar-refractivity contribution < 1.29 is 22.7 Å². The smallest absolute Gasteiger partial charge is 0.416 e. The van der Waals surface area contributed by atoms with E-state index in [1.54, 1.807) is 30.3 Å². The number of halogens is 4. The molecule has 0 aliphatic heterocycles. The number of carbonyl (C=O) groups excluding carboxylic acids is 1. The van der Waals surface area contributed by atoms with Crippen molar-refractivity contribution in [2.45, 2.75) is 38.5 Å². The van der Waals surface area contributed by atoms with Crippen molar-refractivity contribution in [1.29, 1.82) is 0 Å². The number of pyridine rings is 1. The van der Waals surface area contributed by atoms with E-state index in [9.17, 15) is 18.0 Å². The predicted molar refractivity (Wildman–Crippen MR) is 114 cm³/mol. The highest BCUT2D eigenvalue weighted by Gasteiger charge is 2.30. The Morgan fingerprint density at radius 1 is 1.10 bits per heavy atom. The number of nitrogens with zero attached hydrogens (tertiary/aromatic N) is 1. The maximum Gasteiger partial charge on any atom is 0.416 e. The number of benzene rings is 2. The Balaban J connectivity index is 1.88. The maximum atomic E-state index is 12.8. The second-order valence-corrected chi connectivity index (χ2v) is 7.48. The summed E-state index contributed by atoms with van der Waals surface area (Å²) < 4.78 is 44.6. The average molecular weight is 448 g/mol. The Labute approximate surface area is 183 Å². The van der Waals surface area contributed by atoms with Crippen LogP contribution in [0.4, 0.5) is 13.2 Å². The van der Waals surface area contributed by atoms with E-state index < -0.39 is 11.7 Å². The molecular formula is C24H21ClF3NO2. The third kappa shape index (κ3) is 5.85. The van der Waals surface area contributed by atoms with Crippen LogP contribution in [-0.2, 0) is 6.18 Å². The Hall–Kier alpha value is -2.86. The van der Waals surface area contributed by atoms with Crippen LogP contribution in [0.25, 0.3) is 11.3 Å². The zero-order valence-electron chi connectivity index (χ0n) is 16.8. The molecule has 0 unspecified atom stereocenters. The molecule has 1 atom stereocenters. The number of rotatable bonds is 8. The minimum atomic E-state index is -4.38. The maximum absolute atomic E-state index is 12.8. The number of aromatic nitrogens is 1. The molecule has 2 aromatic carbocycles. The van der Waals surface area contributed by atoms with Crippen LogP contribution in [-0.4, -0.2) is 11.3 Å². The summed E-state index contributed by atoms with van der Waals surface area (Å²) in [4.78, 5) is 15.6. The van der Waals surface area contributed by atoms with Crippen molar-refractivity contribution in [2.24, 2.45) is 0 Å². The van der Waals surface area contributed by atoms with Crippen LogP contribution in [0.1, 0.15) is 53.9 Å². The molecule has 0 aliphatic carbocycles. The molecule has 162 valence electrons. The Morgan fingerprint density at radius 3 is 2.45 bits per heavy atom. The summed E-state index contributed by atoms with van der Waals surface area (Å²) in [6, 6.07) is 15.2. The zero-order chi connectivity index (χ0) is 22.4. The van der Waals surface area contributed by atoms with Gasteiger partial charge in [0.1, 0.15) is 11.9 Å². The third-order valence-electron chi connectivity index (χ3n) is 4.81. The lowest BCUT2D eigenvalue weighted by atomic mass is 10.1. The molecule has 3 nitrogen and oxygen atoms in total. The zero-order valence-corrected chi connectivity index (χ0v) is 17.6. The van der Waals surface area contributed by atoms with Crippen molar-refractivity contribution >= 4 is 17.9 Å². The molecule has 0 saturated carbocycles. The molecule has 7 heteroatoms. The van der Waals surface area contributed by atoms with Gasteiger partial charge in [0.15, 0.2) is 6.29 Å². The number of carbonyl (C=O) groups is 1. The molecular weight excluding hydrogens is 427 g/mol. The van der Waals surface area contributed by atoms with Crippen molar-refractivity contribution in [1.82, 2.24) is 4.98 Å². The highest BCUT2D eigenvalue weighted by molar-refractivity contribution is 6.33. The van der Waals surface area contributed by atoms with E-state index in [0.29, 0.717) is 46.0 Å². The van der Waals surface area contributed by atoms with E-state index in [1.807, 2.05) is 6.07 Å². The summed E-state index contributed by atoms with van der Waals surface area (Å²) in [7, 11) is 0. The molecule has 0 N–H and O–H groups in total. The molecule has 1 heterocycles. The van der Waals surface area contributed by atoms with Gasteiger partial charge in [-0.3, -0.25) is 4.79 Å². The van der Waals surface area contributed by atoms with Crippen LogP contribution in [0.2, 0.25) is 5.02 Å². The van der Waals surface area contributed by atoms with E-state index in [0.717, 1.165) is 25.0 Å². The number of hydrogen-bond acceptors (Lipinski definition) is 3. The minimum absolute atomic E-state index is 0.299. The topological polar surface area (TPSA) is 39.2 Å². The number of alkyl halides is 3. The Bertz CT molecular complexity index is 1040. The van der Waals surface area contributed by atoms with E-state index in [2.05, 4.69) is 11.9 Å². The summed E-state index contributed by atoms with van der Waals surface area (Å²) in [6.07, 6.45) is -1.51. The van der Waals surface area contributed by atoms with Crippen molar-refractivity contribution in [3.05, 3.63) is 82.5 Å². The number of unbranched alkanes of at least 4 members (excludes halogenated alkanes) is 1. The molecule has 0 spiro atoms. The Kier molecular flexibility index (Phi) is 7.33. The van der Waals surface area contributed by atoms with Crippen LogP contribution < -0.4 is 4.74 Å². The number of ether oxygens (including phenoxy) is 1. The van der Waals surface area contributed by atoms with Gasteiger partial charge < -0.3 is 4.74 Å². The van der Waals surface area contributed by atoms with Crippen molar-refractivity contribution in [2.75, 3.05) is 0 Å². The fourth-order valence-electron chi connectivity index (χ4n) is 3.12. The summed E-state index contributed by atoms with van der Waals surface area (Å²) in [6.45, 7) is 2.07. The van der Waals surface area contributed by atoms with Gasteiger partial charge in [0, 0.05) is 11.1 Å². The second kappa shape index (κ2) is 9.96. The van der Waals surface area contributed by atoms with Gasteiger partial charge in [-0.1, -0.05) is 43.1 Å². The van der Waals surface area contributed by atoms with E-state index in [1.165, 1.54) is 12.1 Å². The standard InChI is InChI=1S/C24H21ClF3NO2/c1-2-3-7-23(31-19-13-10-17(15-30)20(25)14-19)22-6-4-5-21(29-22)16-8-11-18(12-9-16)24(26,27)28/h4-6,8-15,23H,2-3,7H2,1H3/t23-/m1/s1. The Morgan fingerprint density at radius 2 is 1.84 bits per heavy atom. The van der Waals surface area contributed by atoms with Crippen LogP contribution >= 0.6 is 11.6 Å². The molecule has 0 bridgehead atoms. The molecule has 3 rings (SSSR count). The molecule has 0 amide bonds. The van der Waals surface area contributed by atoms with Crippen LogP contribution in [0.5, 0.6) is 5.75 Å². The van der Waals surface area contributed by atoms with Gasteiger partial charge in [-0.25, -0.2) is 4.98 Å². The fraction of sp³-hybridized carbons (Fsp3) is 0.250. The molecule has 0 radical (unpaired) electrons. The first kappa shape index (κ1) is 22.8. The van der Waals surface area contributed by atoms with Gasteiger partial charge in [0.05, 0.1) is 22.0 Å². The normalized spacial score (nSPS) is 12.4. The lowest BCUT2D eigenvalue weighted by molar-refractivity contribution is -0.137. The molecule has 1 aromatic heterocycles. The SMILES string of the molecule is CCCC[C@@H](Oc1ccc(C=O)c(Cl)c1)c1cccc(-c2ccc(C(F)(F)F)cc2)n1. The fourth-order valence-corrected chi connectivity index (χ4v) is 3.33. The molecule has 31 heavy (non-hydrogen) atoms. The molecule has 0 saturated heterocycles. The average Bonchev–Trinajstić information content (AvgIpc) is 2.76. The summed E-state index contributed by atoms with van der Waals surface area (Å²) in [5, 5.41) is 0.299. The van der Waals surface area contributed by atoms with Crippen LogP contribution in [0, 0.1) is 0 Å². The van der Waals surface area contributed by atoms with Gasteiger partial charge in [-0.05, 0) is 55.3 Å². The number of aldehydes is 1. The van der Waals surface area contributed by atoms with Gasteiger partial charge >= 0.3 is 6.18 Å². The van der Waals surface area contributed by atoms with Crippen LogP contribution in [0.15, 0.2) is 60.7 Å². The highest BCUT2D eigenvalue weighted by Crippen LogP contribution is 2.32. The summed E-state index contributed by atoms with van der Waals surface area (Å²) in [5.74, 6) is 0.512. The summed E-state index contributed by atoms with van der Waals surface area (Å²) in [5.41, 5.74) is 1.49. The lowest BCUT2D eigenvalue weighted by Gasteiger charge is -2.20. The lowest BCUT2D eigenvalue weighted by Crippen LogP contribution is -2.10. The van der Waals surface area contributed by atoms with E-state index >= 15 is 0 Å². The highest BCUT2D eigenvalue weighted by atomic mass is 35.5. The van der Waals surface area contributed by atoms with E-state index in [-0.39, 0.29) is 6.10 Å². The van der Waals surface area contributed by atoms with Gasteiger partial charge in [-0.2, -0.15) is 13.2 Å². The third-order valence-corrected chi connectivity index (χ3v) is 5.13. The van der Waals surface area contributed by atoms with Crippen LogP contribution in [0.3, 0.4) is 0 Å². The van der Waals surface area contributed by atoms with E-state index in [4.69, 9.17) is 16.3 Å². The first-order chi connectivity index (χ1) is 14.8. The van der Waals surface area contributed by atoms with Gasteiger partial charge in [0.25, 0.3) is 0 Å². The number of hydrogen-bond donors (Lipinski definition) is 0. The predicted octanol–water partition coefficient (Wildman–Crippen LogP) is 7.54. The second-order valence-electron chi connectivity index (χ2n) is 7.07. The first-order valence-electron chi connectivity index (χ1n) is 9.87. The summed E-state index contributed by atoms with van der Waals surface area (Å²) >= 11 is 6.11. The van der Waals surface area contributed by atoms with Crippen molar-refractivity contribution in [3.63, 3.8) is 0 Å². The molecule has 0 aliphatic rings. The molecule has 0 fully saturated rings. The van der Waals surface area contributed by atoms with Gasteiger partial charge in [0.2, 0.25) is 0 Å². The first-order valence-corrected chi connectivity index (χ1v) is 10.3. The largest absolute Gasteiger partial charge is 0.484 e. The van der Waals surface area contributed by atoms with Gasteiger partial charge in [-0.15, -0.1) is 0 Å².